The van der Waals surface area contributed by atoms with E-state index in [0.717, 1.165) is 0 Å². The Hall–Kier alpha value is -0.120. The average Bonchev–Trinajstić information content (AvgIpc) is 1.37. The van der Waals surface area contributed by atoms with Gasteiger partial charge < -0.3 is 0 Å². The first-order valence-corrected chi connectivity index (χ1v) is 1.59. The summed E-state index contributed by atoms with van der Waals surface area (Å²) >= 11 is 0. The van der Waals surface area contributed by atoms with Gasteiger partial charge in [0.2, 0.25) is 0 Å². The Bertz CT molecular complexity index is 51.5. The van der Waals surface area contributed by atoms with E-state index in [1.54, 1.807) is 0 Å². The van der Waals surface area contributed by atoms with E-state index in [4.69, 9.17) is 11.6 Å². The summed E-state index contributed by atoms with van der Waals surface area (Å²) in [4.78, 5) is 0. The second-order valence-electron chi connectivity index (χ2n) is 0.224. The molecule has 0 rings (SSSR count). The maximum absolute atomic E-state index is 6.12. The zero-order chi connectivity index (χ0) is 3.41. The molecule has 0 fully saturated rings. The number of rotatable bonds is 0. The molecular formula is C2HNP+. The van der Waals surface area contributed by atoms with Crippen molar-refractivity contribution >= 4 is 8.37 Å². The molecule has 0 aliphatic carbocycles. The summed E-state index contributed by atoms with van der Waals surface area (Å²) < 4.78 is 0. The summed E-state index contributed by atoms with van der Waals surface area (Å²) in [5.74, 6) is 0. The molecule has 18 valence electrons. The van der Waals surface area contributed by atoms with Crippen molar-refractivity contribution < 1.29 is 0 Å². The molecule has 4 heavy (non-hydrogen) atoms. The Morgan fingerprint density at radius 2 is 2.25 bits per heavy atom. The summed E-state index contributed by atoms with van der Waals surface area (Å²) in [6, 6.07) is 0. The molecule has 0 saturated carbocycles. The monoisotopic (exact) mass is 70.0 g/mol. The molecule has 0 heterocycles. The molecule has 0 atom stereocenters. The Balaban J connectivity index is 2.92. The predicted molar refractivity (Wildman–Crippen MR) is 16.8 cm³/mol. The summed E-state index contributed by atoms with van der Waals surface area (Å²) in [6.07, 6.45) is 6.00. The Morgan fingerprint density at radius 1 is 2.00 bits per heavy atom. The molecule has 0 aromatic carbocycles. The SMILES string of the molecule is [C+]#CP=N. The molecular weight excluding hydrogens is 69.0 g/mol. The minimum atomic E-state index is 0.165. The van der Waals surface area contributed by atoms with Crippen LogP contribution in [0.4, 0.5) is 0 Å². The van der Waals surface area contributed by atoms with Crippen molar-refractivity contribution in [1.82, 2.24) is 0 Å². The van der Waals surface area contributed by atoms with Crippen molar-refractivity contribution in [3.05, 3.63) is 6.42 Å². The van der Waals surface area contributed by atoms with E-state index < -0.39 is 0 Å². The molecule has 0 aliphatic heterocycles. The van der Waals surface area contributed by atoms with Gasteiger partial charge in [0, 0.05) is 0 Å². The topological polar surface area (TPSA) is 23.9 Å². The summed E-state index contributed by atoms with van der Waals surface area (Å²) in [6.45, 7) is 0. The fourth-order valence-corrected chi connectivity index (χ4v) is 0. The molecule has 0 aromatic heterocycles. The van der Waals surface area contributed by atoms with Crippen LogP contribution in [-0.2, 0) is 0 Å². The van der Waals surface area contributed by atoms with Gasteiger partial charge in [-0.1, -0.05) is 0 Å². The second kappa shape index (κ2) is 2.88. The zero-order valence-corrected chi connectivity index (χ0v) is 2.84. The van der Waals surface area contributed by atoms with E-state index in [0.29, 0.717) is 0 Å². The van der Waals surface area contributed by atoms with Crippen LogP contribution in [0.25, 0.3) is 0 Å². The molecule has 0 bridgehead atoms. The van der Waals surface area contributed by atoms with Gasteiger partial charge in [-0.2, -0.15) is 0 Å². The van der Waals surface area contributed by atoms with Gasteiger partial charge in [-0.3, -0.25) is 0 Å². The van der Waals surface area contributed by atoms with Crippen LogP contribution in [0.3, 0.4) is 0 Å². The van der Waals surface area contributed by atoms with Crippen LogP contribution < -0.4 is 0 Å². The molecule has 0 aromatic rings. The fourth-order valence-electron chi connectivity index (χ4n) is 0. The molecule has 0 spiro atoms. The molecule has 0 radical (unpaired) electrons. The van der Waals surface area contributed by atoms with Crippen LogP contribution in [0.5, 0.6) is 0 Å². The van der Waals surface area contributed by atoms with E-state index in [1.165, 1.54) is 0 Å². The third-order valence-electron chi connectivity index (χ3n) is 0.0559. The van der Waals surface area contributed by atoms with Crippen LogP contribution in [-0.4, -0.2) is 0 Å². The van der Waals surface area contributed by atoms with Crippen LogP contribution in [0.2, 0.25) is 0 Å². The molecule has 2 heteroatoms. The molecule has 0 saturated heterocycles. The maximum atomic E-state index is 6.12. The third kappa shape index (κ3) is 1.88. The van der Waals surface area contributed by atoms with Crippen LogP contribution in [0.1, 0.15) is 0 Å². The Morgan fingerprint density at radius 3 is 2.25 bits per heavy atom. The second-order valence-corrected chi connectivity index (χ2v) is 0.671. The first kappa shape index (κ1) is 3.88. The molecule has 0 aliphatic rings. The van der Waals surface area contributed by atoms with Crippen LogP contribution >= 0.6 is 8.37 Å². The Kier molecular flexibility index (Phi) is 2.79. The molecule has 0 amide bonds. The van der Waals surface area contributed by atoms with Gasteiger partial charge in [0.15, 0.2) is 0 Å². The Labute approximate surface area is 26.7 Å². The van der Waals surface area contributed by atoms with Gasteiger partial charge in [0.1, 0.15) is 0 Å². The van der Waals surface area contributed by atoms with Crippen molar-refractivity contribution in [3.8, 4) is 5.66 Å². The van der Waals surface area contributed by atoms with Crippen LogP contribution in [0, 0.1) is 17.2 Å². The molecule has 1 nitrogen and oxygen atoms in total. The first-order chi connectivity index (χ1) is 1.91. The van der Waals surface area contributed by atoms with E-state index in [1.807, 2.05) is 5.66 Å². The first-order valence-electron chi connectivity index (χ1n) is 0.697. The standard InChI is InChI=1S/C2HNP/c1-2-4-3/h3H/q+1. The summed E-state index contributed by atoms with van der Waals surface area (Å²) in [5, 5.41) is 6.12. The quantitative estimate of drug-likeness (QED) is 0.252. The van der Waals surface area contributed by atoms with E-state index in [-0.39, 0.29) is 8.37 Å². The van der Waals surface area contributed by atoms with Gasteiger partial charge in [-0.05, 0) is 0 Å². The van der Waals surface area contributed by atoms with Crippen molar-refractivity contribution in [1.29, 1.82) is 5.16 Å². The molecule has 0 unspecified atom stereocenters. The number of nitrogens with one attached hydrogen (secondary N) is 1. The van der Waals surface area contributed by atoms with Crippen molar-refractivity contribution in [2.24, 2.45) is 0 Å². The van der Waals surface area contributed by atoms with Gasteiger partial charge in [-0.25, -0.2) is 0 Å². The van der Waals surface area contributed by atoms with Crippen molar-refractivity contribution in [2.45, 2.75) is 0 Å². The molecule has 1 N–H and O–H groups in total. The number of hydrogen-bond donors (Lipinski definition) is 1. The zero-order valence-electron chi connectivity index (χ0n) is 1.95. The third-order valence-corrected chi connectivity index (χ3v) is 0.168. The van der Waals surface area contributed by atoms with E-state index >= 15 is 0 Å². The summed E-state index contributed by atoms with van der Waals surface area (Å²) in [7, 11) is 0.165. The van der Waals surface area contributed by atoms with E-state index in [2.05, 4.69) is 0 Å². The normalized spacial score (nSPS) is 6.50. The van der Waals surface area contributed by atoms with Gasteiger partial charge >= 0.3 is 25.6 Å². The van der Waals surface area contributed by atoms with E-state index in [9.17, 15) is 0 Å². The van der Waals surface area contributed by atoms with Gasteiger partial charge in [0.05, 0.1) is 0 Å². The fraction of sp³-hybridized carbons (Fsp3) is 0. The minimum absolute atomic E-state index is 0.165. The van der Waals surface area contributed by atoms with Crippen LogP contribution in [0.15, 0.2) is 0 Å². The van der Waals surface area contributed by atoms with Crippen molar-refractivity contribution in [3.63, 3.8) is 0 Å². The van der Waals surface area contributed by atoms with Gasteiger partial charge in [-0.15, -0.1) is 0 Å². The average molecular weight is 70.0 g/mol. The predicted octanol–water partition coefficient (Wildman–Crippen LogP) is 1.24. The summed E-state index contributed by atoms with van der Waals surface area (Å²) in [5.41, 5.74) is 1.82. The van der Waals surface area contributed by atoms with Crippen molar-refractivity contribution in [2.75, 3.05) is 0 Å². The van der Waals surface area contributed by atoms with Gasteiger partial charge in [0.25, 0.3) is 0 Å². The number of hydrogen-bond acceptors (Lipinski definition) is 1.